The van der Waals surface area contributed by atoms with Crippen molar-refractivity contribution in [1.82, 2.24) is 0 Å². The minimum atomic E-state index is -4.61. The van der Waals surface area contributed by atoms with Gasteiger partial charge in [-0.25, -0.2) is 0 Å². The fourth-order valence-corrected chi connectivity index (χ4v) is 3.24. The van der Waals surface area contributed by atoms with Crippen LogP contribution in [0.2, 0.25) is 0 Å². The van der Waals surface area contributed by atoms with Crippen LogP contribution < -0.4 is 0 Å². The van der Waals surface area contributed by atoms with Crippen LogP contribution in [0.1, 0.15) is 33.1 Å². The molecule has 2 aliphatic rings. The number of carbonyl (C=O) groups excluding carboxylic acids is 1. The molecule has 23 heavy (non-hydrogen) atoms. The summed E-state index contributed by atoms with van der Waals surface area (Å²) in [5.41, 5.74) is 0.299. The maximum atomic E-state index is 12.5. The first kappa shape index (κ1) is 18.3. The maximum Gasteiger partial charge on any atom is 0.426 e. The highest BCUT2D eigenvalue weighted by Crippen LogP contribution is 2.60. The Morgan fingerprint density at radius 3 is 2.70 bits per heavy atom. The van der Waals surface area contributed by atoms with Gasteiger partial charge in [-0.1, -0.05) is 43.2 Å². The molecule has 1 saturated carbocycles. The number of hydrogen-bond donors (Lipinski definition) is 0. The zero-order valence-corrected chi connectivity index (χ0v) is 13.7. The minimum absolute atomic E-state index is 0.329. The van der Waals surface area contributed by atoms with E-state index in [4.69, 9.17) is 16.3 Å². The number of halogens is 5. The zero-order chi connectivity index (χ0) is 17.4. The molecule has 130 valence electrons. The zero-order valence-electron chi connectivity index (χ0n) is 12.9. The van der Waals surface area contributed by atoms with E-state index in [9.17, 15) is 22.4 Å². The van der Waals surface area contributed by atoms with Crippen molar-refractivity contribution in [1.29, 1.82) is 0 Å². The molecule has 0 aromatic rings. The summed E-state index contributed by atoms with van der Waals surface area (Å²) in [7, 11) is 0. The van der Waals surface area contributed by atoms with Gasteiger partial charge in [-0.05, 0) is 17.8 Å². The fourth-order valence-electron chi connectivity index (χ4n) is 3.10. The normalized spacial score (nSPS) is 30.1. The van der Waals surface area contributed by atoms with Crippen molar-refractivity contribution in [3.8, 4) is 0 Å². The first-order valence-electron chi connectivity index (χ1n) is 7.46. The third-order valence-corrected chi connectivity index (χ3v) is 4.96. The predicted molar refractivity (Wildman–Crippen MR) is 78.5 cm³/mol. The summed E-state index contributed by atoms with van der Waals surface area (Å²) in [6, 6.07) is 0. The Balaban J connectivity index is 1.94. The van der Waals surface area contributed by atoms with Crippen molar-refractivity contribution in [2.24, 2.45) is 17.3 Å². The van der Waals surface area contributed by atoms with Crippen LogP contribution in [0.3, 0.4) is 0 Å². The molecular formula is C16H19ClF4O2. The van der Waals surface area contributed by atoms with Gasteiger partial charge < -0.3 is 4.74 Å². The molecule has 0 spiro atoms. The Kier molecular flexibility index (Phi) is 5.14. The number of hydrogen-bond acceptors (Lipinski definition) is 2. The Morgan fingerprint density at radius 1 is 1.48 bits per heavy atom. The third-order valence-electron chi connectivity index (χ3n) is 4.62. The van der Waals surface area contributed by atoms with Crippen LogP contribution in [0.4, 0.5) is 17.6 Å². The topological polar surface area (TPSA) is 26.3 Å². The molecule has 0 aliphatic heterocycles. The van der Waals surface area contributed by atoms with Crippen LogP contribution in [0.5, 0.6) is 0 Å². The van der Waals surface area contributed by atoms with Crippen molar-refractivity contribution < 1.29 is 27.1 Å². The molecule has 3 atom stereocenters. The van der Waals surface area contributed by atoms with E-state index in [0.29, 0.717) is 19.3 Å². The highest BCUT2D eigenvalue weighted by atomic mass is 35.5. The molecule has 0 radical (unpaired) electrons. The van der Waals surface area contributed by atoms with Gasteiger partial charge in [-0.2, -0.15) is 13.2 Å². The van der Waals surface area contributed by atoms with Gasteiger partial charge in [0.15, 0.2) is 0 Å². The van der Waals surface area contributed by atoms with Crippen LogP contribution in [0.25, 0.3) is 0 Å². The Bertz CT molecular complexity index is 537. The van der Waals surface area contributed by atoms with Crippen molar-refractivity contribution in [3.63, 3.8) is 0 Å². The number of esters is 1. The van der Waals surface area contributed by atoms with E-state index in [2.05, 4.69) is 0 Å². The molecule has 0 aromatic heterocycles. The van der Waals surface area contributed by atoms with Crippen LogP contribution in [-0.2, 0) is 9.53 Å². The number of rotatable bonds is 5. The van der Waals surface area contributed by atoms with E-state index < -0.39 is 41.1 Å². The van der Waals surface area contributed by atoms with E-state index in [1.165, 1.54) is 0 Å². The number of alkyl halides is 4. The highest BCUT2D eigenvalue weighted by molar-refractivity contribution is 6.30. The van der Waals surface area contributed by atoms with E-state index in [1.807, 2.05) is 6.08 Å². The van der Waals surface area contributed by atoms with Gasteiger partial charge in [0.25, 0.3) is 0 Å². The summed E-state index contributed by atoms with van der Waals surface area (Å²) >= 11 is 5.25. The predicted octanol–water partition coefficient (Wildman–Crippen LogP) is 4.94. The second-order valence-corrected chi connectivity index (χ2v) is 7.04. The second-order valence-electron chi connectivity index (χ2n) is 6.64. The molecule has 0 heterocycles. The van der Waals surface area contributed by atoms with Gasteiger partial charge >= 0.3 is 12.1 Å². The van der Waals surface area contributed by atoms with Crippen LogP contribution in [0, 0.1) is 17.3 Å². The second kappa shape index (κ2) is 6.46. The molecule has 0 saturated heterocycles. The first-order valence-corrected chi connectivity index (χ1v) is 7.84. The summed E-state index contributed by atoms with van der Waals surface area (Å²) in [5.74, 6) is -1.74. The summed E-state index contributed by atoms with van der Waals surface area (Å²) in [4.78, 5) is 12.2. The van der Waals surface area contributed by atoms with E-state index in [0.717, 1.165) is 11.6 Å². The fraction of sp³-hybridized carbons (Fsp3) is 0.688. The Labute approximate surface area is 137 Å². The Morgan fingerprint density at radius 2 is 2.13 bits per heavy atom. The molecule has 1 unspecified atom stereocenters. The monoisotopic (exact) mass is 354 g/mol. The number of carbonyl (C=O) groups is 1. The van der Waals surface area contributed by atoms with Crippen molar-refractivity contribution in [2.75, 3.05) is 6.67 Å². The molecule has 0 amide bonds. The molecule has 7 heteroatoms. The van der Waals surface area contributed by atoms with Crippen LogP contribution >= 0.6 is 11.6 Å². The lowest BCUT2D eigenvalue weighted by Gasteiger charge is -2.13. The molecule has 0 bridgehead atoms. The van der Waals surface area contributed by atoms with E-state index in [1.54, 1.807) is 13.8 Å². The van der Waals surface area contributed by atoms with Gasteiger partial charge in [0, 0.05) is 12.8 Å². The Hall–Kier alpha value is -1.04. The highest BCUT2D eigenvalue weighted by Gasteiger charge is 2.62. The average molecular weight is 355 g/mol. The van der Waals surface area contributed by atoms with Crippen LogP contribution in [0.15, 0.2) is 22.8 Å². The number of allylic oxidation sites excluding steroid dienone is 2. The molecular weight excluding hydrogens is 336 g/mol. The summed E-state index contributed by atoms with van der Waals surface area (Å²) < 4.78 is 55.2. The molecule has 0 aromatic carbocycles. The van der Waals surface area contributed by atoms with Gasteiger partial charge in [0.05, 0.1) is 12.6 Å². The summed E-state index contributed by atoms with van der Waals surface area (Å²) in [5, 5.41) is -1.21. The van der Waals surface area contributed by atoms with E-state index >= 15 is 0 Å². The largest absolute Gasteiger partial charge is 0.461 e. The molecule has 1 fully saturated rings. The standard InChI is InChI=1S/C16H19ClF4O2/c1-15(2)11(8-12(17)16(19,20)21)13(15)14(22)23-10-4-3-9(7-10)5-6-18/h3,8,10-11,13H,4-7H2,1-2H3/t10?,11-,13-/m1/s1. The van der Waals surface area contributed by atoms with Gasteiger partial charge in [-0.3, -0.25) is 9.18 Å². The quantitative estimate of drug-likeness (QED) is 0.397. The summed E-state index contributed by atoms with van der Waals surface area (Å²) in [6.45, 7) is 2.97. The number of ether oxygens (including phenoxy) is 1. The molecule has 2 nitrogen and oxygen atoms in total. The summed E-state index contributed by atoms with van der Waals surface area (Å²) in [6.07, 6.45) is -0.850. The lowest BCUT2D eigenvalue weighted by atomic mass is 10.1. The van der Waals surface area contributed by atoms with E-state index in [-0.39, 0.29) is 6.10 Å². The lowest BCUT2D eigenvalue weighted by Crippen LogP contribution is -2.19. The van der Waals surface area contributed by atoms with Crippen molar-refractivity contribution in [2.45, 2.75) is 45.4 Å². The maximum absolute atomic E-state index is 12.5. The smallest absolute Gasteiger partial charge is 0.426 e. The average Bonchev–Trinajstić information content (AvgIpc) is 2.76. The minimum Gasteiger partial charge on any atom is -0.461 e. The van der Waals surface area contributed by atoms with Gasteiger partial charge in [0.2, 0.25) is 0 Å². The van der Waals surface area contributed by atoms with Crippen LogP contribution in [-0.4, -0.2) is 24.9 Å². The third kappa shape index (κ3) is 4.08. The SMILES string of the molecule is CC1(C)[C@H](C=C(Cl)C(F)(F)F)[C@@H]1C(=O)OC1CC=C(CCF)C1. The lowest BCUT2D eigenvalue weighted by molar-refractivity contribution is -0.151. The van der Waals surface area contributed by atoms with Crippen molar-refractivity contribution in [3.05, 3.63) is 22.8 Å². The van der Waals surface area contributed by atoms with Gasteiger partial charge in [-0.15, -0.1) is 0 Å². The first-order chi connectivity index (χ1) is 10.6. The molecule has 2 rings (SSSR count). The molecule has 2 aliphatic carbocycles. The van der Waals surface area contributed by atoms with Crippen molar-refractivity contribution >= 4 is 17.6 Å². The molecule has 0 N–H and O–H groups in total. The van der Waals surface area contributed by atoms with Gasteiger partial charge in [0.1, 0.15) is 11.1 Å².